The maximum Gasteiger partial charge on any atom is 0.293 e. The average Bonchev–Trinajstić information content (AvgIpc) is 3.05. The van der Waals surface area contributed by atoms with Crippen LogP contribution in [0.25, 0.3) is 0 Å². The second kappa shape index (κ2) is 6.79. The average molecular weight is 315 g/mol. The number of hydrogen-bond donors (Lipinski definition) is 2. The molecule has 0 aliphatic heterocycles. The van der Waals surface area contributed by atoms with Gasteiger partial charge in [0.1, 0.15) is 11.8 Å². The molecule has 23 heavy (non-hydrogen) atoms. The molecule has 5 heteroatoms. The van der Waals surface area contributed by atoms with Crippen molar-refractivity contribution < 1.29 is 19.1 Å². The maximum absolute atomic E-state index is 12.2. The van der Waals surface area contributed by atoms with E-state index in [0.717, 1.165) is 5.56 Å². The Morgan fingerprint density at radius 1 is 1.17 bits per heavy atom. The molecule has 0 saturated heterocycles. The largest absolute Gasteiger partial charge is 0.467 e. The van der Waals surface area contributed by atoms with Crippen molar-refractivity contribution in [2.75, 3.05) is 6.61 Å². The molecule has 122 valence electrons. The molecule has 0 aliphatic rings. The van der Waals surface area contributed by atoms with Gasteiger partial charge in [-0.25, -0.2) is 0 Å². The fourth-order valence-corrected chi connectivity index (χ4v) is 2.17. The molecule has 1 heterocycles. The predicted octanol–water partition coefficient (Wildman–Crippen LogP) is 2.61. The lowest BCUT2D eigenvalue weighted by molar-refractivity contribution is -0.118. The Morgan fingerprint density at radius 3 is 2.30 bits per heavy atom. The van der Waals surface area contributed by atoms with Crippen molar-refractivity contribution in [1.82, 2.24) is 5.32 Å². The Kier molecular flexibility index (Phi) is 5.01. The summed E-state index contributed by atoms with van der Waals surface area (Å²) in [5.41, 5.74) is 1.37. The van der Waals surface area contributed by atoms with Crippen LogP contribution in [0.4, 0.5) is 0 Å². The third-order valence-electron chi connectivity index (χ3n) is 3.59. The van der Waals surface area contributed by atoms with E-state index < -0.39 is 17.7 Å². The number of nitrogens with one attached hydrogen (secondary N) is 1. The van der Waals surface area contributed by atoms with E-state index in [-0.39, 0.29) is 12.0 Å². The highest BCUT2D eigenvalue weighted by atomic mass is 16.3. The molecule has 0 spiro atoms. The molecule has 0 fully saturated rings. The molecule has 1 amide bonds. The molecule has 0 aliphatic carbocycles. The molecule has 0 bridgehead atoms. The summed E-state index contributed by atoms with van der Waals surface area (Å²) in [7, 11) is 0. The molecule has 1 aromatic heterocycles. The summed E-state index contributed by atoms with van der Waals surface area (Å²) in [4.78, 5) is 24.3. The number of furan rings is 1. The number of aliphatic hydroxyl groups excluding tert-OH is 1. The lowest BCUT2D eigenvalue weighted by Gasteiger charge is -2.19. The van der Waals surface area contributed by atoms with Crippen molar-refractivity contribution in [3.63, 3.8) is 0 Å². The normalized spacial score (nSPS) is 12.7. The number of benzene rings is 1. The van der Waals surface area contributed by atoms with Gasteiger partial charge in [0.2, 0.25) is 5.78 Å². The quantitative estimate of drug-likeness (QED) is 0.656. The van der Waals surface area contributed by atoms with Crippen molar-refractivity contribution in [1.29, 1.82) is 0 Å². The number of ketones is 1. The first kappa shape index (κ1) is 17.0. The Balaban J connectivity index is 2.09. The van der Waals surface area contributed by atoms with Gasteiger partial charge in [0.25, 0.3) is 5.91 Å². The lowest BCUT2D eigenvalue weighted by atomic mass is 9.86. The number of carbonyl (C=O) groups excluding carboxylic acids is 2. The highest BCUT2D eigenvalue weighted by Gasteiger charge is 2.23. The summed E-state index contributed by atoms with van der Waals surface area (Å²) in [6.07, 6.45) is 1.44. The van der Waals surface area contributed by atoms with Crippen LogP contribution in [0.15, 0.2) is 47.1 Å². The Hall–Kier alpha value is -2.40. The van der Waals surface area contributed by atoms with E-state index >= 15 is 0 Å². The molecular formula is C18H21NO4. The molecule has 1 unspecified atom stereocenters. The van der Waals surface area contributed by atoms with Gasteiger partial charge in [0.15, 0.2) is 0 Å². The zero-order valence-electron chi connectivity index (χ0n) is 13.5. The number of hydrogen-bond acceptors (Lipinski definition) is 4. The van der Waals surface area contributed by atoms with Crippen LogP contribution in [0.5, 0.6) is 0 Å². The van der Waals surface area contributed by atoms with Crippen molar-refractivity contribution in [3.8, 4) is 0 Å². The van der Waals surface area contributed by atoms with Crippen LogP contribution in [0.3, 0.4) is 0 Å². The molecule has 0 saturated carbocycles. The second-order valence-electron chi connectivity index (χ2n) is 6.38. The van der Waals surface area contributed by atoms with Crippen LogP contribution >= 0.6 is 0 Å². The van der Waals surface area contributed by atoms with Gasteiger partial charge in [-0.15, -0.1) is 0 Å². The van der Waals surface area contributed by atoms with E-state index in [9.17, 15) is 14.7 Å². The minimum atomic E-state index is -0.774. The van der Waals surface area contributed by atoms with Crippen molar-refractivity contribution >= 4 is 11.7 Å². The van der Waals surface area contributed by atoms with Gasteiger partial charge < -0.3 is 14.8 Å². The zero-order chi connectivity index (χ0) is 17.0. The molecule has 5 nitrogen and oxygen atoms in total. The highest BCUT2D eigenvalue weighted by molar-refractivity contribution is 6.42. The monoisotopic (exact) mass is 315 g/mol. The number of rotatable bonds is 5. The SMILES string of the molecule is CC(C)(C)c1ccc(C(=O)C(=O)NC(CO)c2ccco2)cc1. The topological polar surface area (TPSA) is 79.5 Å². The van der Waals surface area contributed by atoms with E-state index in [1.165, 1.54) is 6.26 Å². The predicted molar refractivity (Wildman–Crippen MR) is 86.2 cm³/mol. The summed E-state index contributed by atoms with van der Waals surface area (Å²) in [6, 6.07) is 9.51. The summed E-state index contributed by atoms with van der Waals surface area (Å²) in [5, 5.41) is 11.8. The molecule has 1 atom stereocenters. The number of aliphatic hydroxyl groups is 1. The minimum absolute atomic E-state index is 0.0227. The van der Waals surface area contributed by atoms with Crippen LogP contribution in [0.2, 0.25) is 0 Å². The van der Waals surface area contributed by atoms with Crippen LogP contribution in [0, 0.1) is 0 Å². The summed E-state index contributed by atoms with van der Waals surface area (Å²) in [5.74, 6) is -1.02. The van der Waals surface area contributed by atoms with Crippen molar-refractivity contribution in [2.24, 2.45) is 0 Å². The first-order valence-electron chi connectivity index (χ1n) is 7.43. The van der Waals surface area contributed by atoms with Crippen LogP contribution in [0.1, 0.15) is 48.5 Å². The van der Waals surface area contributed by atoms with E-state index in [4.69, 9.17) is 4.42 Å². The molecule has 2 aromatic rings. The van der Waals surface area contributed by atoms with Gasteiger partial charge in [-0.3, -0.25) is 9.59 Å². The third kappa shape index (κ3) is 4.07. The zero-order valence-corrected chi connectivity index (χ0v) is 13.5. The number of Topliss-reactive ketones (excluding diaryl/α,β-unsaturated/α-hetero) is 1. The molecule has 2 N–H and O–H groups in total. The lowest BCUT2D eigenvalue weighted by Crippen LogP contribution is -2.35. The fourth-order valence-electron chi connectivity index (χ4n) is 2.17. The Morgan fingerprint density at radius 2 is 1.83 bits per heavy atom. The van der Waals surface area contributed by atoms with Gasteiger partial charge in [-0.05, 0) is 23.1 Å². The van der Waals surface area contributed by atoms with Crippen molar-refractivity contribution in [3.05, 3.63) is 59.5 Å². The standard InChI is InChI=1S/C18H21NO4/c1-18(2,3)13-8-6-12(7-9-13)16(21)17(22)19-14(11-20)15-5-4-10-23-15/h4-10,14,20H,11H2,1-3H3,(H,19,22). The van der Waals surface area contributed by atoms with Gasteiger partial charge in [0, 0.05) is 5.56 Å². The minimum Gasteiger partial charge on any atom is -0.467 e. The summed E-state index contributed by atoms with van der Waals surface area (Å²) in [6.45, 7) is 5.87. The molecule has 1 aromatic carbocycles. The smallest absolute Gasteiger partial charge is 0.293 e. The number of carbonyl (C=O) groups is 2. The molecular weight excluding hydrogens is 294 g/mol. The second-order valence-corrected chi connectivity index (χ2v) is 6.38. The Labute approximate surface area is 135 Å². The van der Waals surface area contributed by atoms with Gasteiger partial charge in [0.05, 0.1) is 12.9 Å². The van der Waals surface area contributed by atoms with Crippen molar-refractivity contribution in [2.45, 2.75) is 32.2 Å². The summed E-state index contributed by atoms with van der Waals surface area (Å²) >= 11 is 0. The number of amides is 1. The van der Waals surface area contributed by atoms with E-state index in [1.54, 1.807) is 24.3 Å². The van der Waals surface area contributed by atoms with Crippen LogP contribution in [-0.4, -0.2) is 23.4 Å². The van der Waals surface area contributed by atoms with E-state index in [2.05, 4.69) is 26.1 Å². The first-order valence-corrected chi connectivity index (χ1v) is 7.43. The van der Waals surface area contributed by atoms with Crippen LogP contribution < -0.4 is 5.32 Å². The van der Waals surface area contributed by atoms with Gasteiger partial charge in [-0.2, -0.15) is 0 Å². The van der Waals surface area contributed by atoms with Gasteiger partial charge in [-0.1, -0.05) is 45.0 Å². The maximum atomic E-state index is 12.2. The van der Waals surface area contributed by atoms with E-state index in [1.807, 2.05) is 12.1 Å². The molecule has 2 rings (SSSR count). The Bertz CT molecular complexity index is 666. The molecule has 0 radical (unpaired) electrons. The van der Waals surface area contributed by atoms with E-state index in [0.29, 0.717) is 11.3 Å². The highest BCUT2D eigenvalue weighted by Crippen LogP contribution is 2.22. The summed E-state index contributed by atoms with van der Waals surface area (Å²) < 4.78 is 5.14. The van der Waals surface area contributed by atoms with Crippen LogP contribution in [-0.2, 0) is 10.2 Å². The van der Waals surface area contributed by atoms with Gasteiger partial charge >= 0.3 is 0 Å². The first-order chi connectivity index (χ1) is 10.8. The third-order valence-corrected chi connectivity index (χ3v) is 3.59. The fraction of sp³-hybridized carbons (Fsp3) is 0.333.